The van der Waals surface area contributed by atoms with Gasteiger partial charge in [-0.3, -0.25) is 14.6 Å². The van der Waals surface area contributed by atoms with Crippen LogP contribution in [0.3, 0.4) is 0 Å². The highest BCUT2D eigenvalue weighted by molar-refractivity contribution is 6.31. The van der Waals surface area contributed by atoms with E-state index in [1.807, 2.05) is 36.4 Å². The van der Waals surface area contributed by atoms with Crippen molar-refractivity contribution in [1.29, 1.82) is 0 Å². The van der Waals surface area contributed by atoms with E-state index in [-0.39, 0.29) is 18.4 Å². The van der Waals surface area contributed by atoms with Crippen molar-refractivity contribution in [2.45, 2.75) is 25.3 Å². The molecule has 2 aromatic heterocycles. The molecule has 0 saturated carbocycles. The summed E-state index contributed by atoms with van der Waals surface area (Å²) in [5.74, 6) is -1.80. The zero-order valence-electron chi connectivity index (χ0n) is 19.0. The van der Waals surface area contributed by atoms with E-state index >= 15 is 0 Å². The van der Waals surface area contributed by atoms with Crippen molar-refractivity contribution in [2.24, 2.45) is 5.10 Å². The Bertz CT molecular complexity index is 1550. The van der Waals surface area contributed by atoms with Crippen LogP contribution >= 0.6 is 11.6 Å². The fraction of sp³-hybridized carbons (Fsp3) is 0.148. The van der Waals surface area contributed by atoms with Crippen molar-refractivity contribution in [3.63, 3.8) is 0 Å². The van der Waals surface area contributed by atoms with Crippen LogP contribution in [0.25, 0.3) is 22.0 Å². The zero-order chi connectivity index (χ0) is 25.2. The molecule has 4 aromatic rings. The monoisotopic (exact) mass is 499 g/mol. The van der Waals surface area contributed by atoms with Crippen LogP contribution in [0, 0.1) is 0 Å². The number of carbonyl (C=O) groups is 2. The lowest BCUT2D eigenvalue weighted by molar-refractivity contribution is -0.305. The number of fused-ring (bicyclic) bond motifs is 1. The van der Waals surface area contributed by atoms with E-state index in [4.69, 9.17) is 11.6 Å². The minimum atomic E-state index is -1.32. The Labute approximate surface area is 210 Å². The molecular formula is C27H20ClN4O4-. The lowest BCUT2D eigenvalue weighted by atomic mass is 9.91. The lowest BCUT2D eigenvalue weighted by Crippen LogP contribution is -2.29. The Morgan fingerprint density at radius 3 is 2.58 bits per heavy atom. The summed E-state index contributed by atoms with van der Waals surface area (Å²) in [6.45, 7) is 0. The molecule has 2 aromatic carbocycles. The summed E-state index contributed by atoms with van der Waals surface area (Å²) < 4.78 is 0. The number of amides is 1. The van der Waals surface area contributed by atoms with Gasteiger partial charge in [0.25, 0.3) is 5.56 Å². The first-order chi connectivity index (χ1) is 17.4. The van der Waals surface area contributed by atoms with Gasteiger partial charge in [-0.1, -0.05) is 48.0 Å². The van der Waals surface area contributed by atoms with Gasteiger partial charge < -0.3 is 14.9 Å². The zero-order valence-corrected chi connectivity index (χ0v) is 19.7. The third-order valence-electron chi connectivity index (χ3n) is 6.11. The Morgan fingerprint density at radius 1 is 1.06 bits per heavy atom. The van der Waals surface area contributed by atoms with Gasteiger partial charge in [-0.2, -0.15) is 5.10 Å². The van der Waals surface area contributed by atoms with Gasteiger partial charge in [-0.15, -0.1) is 0 Å². The van der Waals surface area contributed by atoms with Crippen molar-refractivity contribution in [1.82, 2.24) is 15.0 Å². The quantitative estimate of drug-likeness (QED) is 0.436. The number of aromatic amines is 1. The van der Waals surface area contributed by atoms with E-state index < -0.39 is 24.3 Å². The molecule has 0 aliphatic carbocycles. The number of hydrogen-bond donors (Lipinski definition) is 1. The summed E-state index contributed by atoms with van der Waals surface area (Å²) in [6.07, 6.45) is 2.80. The van der Waals surface area contributed by atoms with Gasteiger partial charge in [0.05, 0.1) is 17.3 Å². The van der Waals surface area contributed by atoms with Crippen LogP contribution in [0.15, 0.2) is 83.0 Å². The van der Waals surface area contributed by atoms with Gasteiger partial charge in [0, 0.05) is 52.7 Å². The van der Waals surface area contributed by atoms with E-state index in [0.29, 0.717) is 27.4 Å². The van der Waals surface area contributed by atoms with Crippen molar-refractivity contribution in [2.75, 3.05) is 0 Å². The highest BCUT2D eigenvalue weighted by atomic mass is 35.5. The third-order valence-corrected chi connectivity index (χ3v) is 6.34. The van der Waals surface area contributed by atoms with E-state index in [9.17, 15) is 19.5 Å². The molecular weight excluding hydrogens is 480 g/mol. The lowest BCUT2D eigenvalue weighted by Gasteiger charge is -2.21. The number of aliphatic carboxylic acids is 1. The van der Waals surface area contributed by atoms with Gasteiger partial charge in [0.2, 0.25) is 5.91 Å². The first-order valence-corrected chi connectivity index (χ1v) is 11.7. The Balaban J connectivity index is 1.70. The van der Waals surface area contributed by atoms with Crippen molar-refractivity contribution >= 4 is 40.1 Å². The molecule has 1 amide bonds. The Morgan fingerprint density at radius 2 is 1.86 bits per heavy atom. The van der Waals surface area contributed by atoms with Gasteiger partial charge >= 0.3 is 0 Å². The maximum Gasteiger partial charge on any atom is 0.258 e. The molecule has 8 nitrogen and oxygen atoms in total. The average molecular weight is 500 g/mol. The predicted molar refractivity (Wildman–Crippen MR) is 134 cm³/mol. The van der Waals surface area contributed by atoms with Crippen LogP contribution in [0.1, 0.15) is 36.4 Å². The second-order valence-electron chi connectivity index (χ2n) is 8.42. The fourth-order valence-corrected chi connectivity index (χ4v) is 4.66. The molecule has 3 heterocycles. The SMILES string of the molecule is O=C([O-])CCC(=O)N1N=C(c2c(-c3ccccc3)c3cc(Cl)ccc3[nH]c2=O)C[C@@H]1c1cccnc1. The van der Waals surface area contributed by atoms with Crippen molar-refractivity contribution in [3.05, 3.63) is 99.6 Å². The van der Waals surface area contributed by atoms with Gasteiger partial charge in [0.1, 0.15) is 0 Å². The molecule has 9 heteroatoms. The van der Waals surface area contributed by atoms with Gasteiger partial charge in [0.15, 0.2) is 0 Å². The Hall–Kier alpha value is -4.30. The first kappa shape index (κ1) is 23.4. The number of rotatable bonds is 6. The molecule has 180 valence electrons. The van der Waals surface area contributed by atoms with E-state index in [1.54, 1.807) is 36.7 Å². The van der Waals surface area contributed by atoms with Gasteiger partial charge in [-0.25, -0.2) is 5.01 Å². The topological polar surface area (TPSA) is 119 Å². The number of carboxylic acid groups (broad SMARTS) is 1. The fourth-order valence-electron chi connectivity index (χ4n) is 4.49. The van der Waals surface area contributed by atoms with Crippen LogP contribution in [0.5, 0.6) is 0 Å². The number of nitrogens with one attached hydrogen (secondary N) is 1. The van der Waals surface area contributed by atoms with Gasteiger partial charge in [-0.05, 0) is 41.8 Å². The van der Waals surface area contributed by atoms with Crippen LogP contribution < -0.4 is 10.7 Å². The molecule has 0 fully saturated rings. The molecule has 0 spiro atoms. The van der Waals surface area contributed by atoms with E-state index in [2.05, 4.69) is 15.1 Å². The Kier molecular flexibility index (Phi) is 6.35. The second-order valence-corrected chi connectivity index (χ2v) is 8.86. The summed E-state index contributed by atoms with van der Waals surface area (Å²) in [5.41, 5.74) is 3.19. The number of aromatic nitrogens is 2. The number of halogens is 1. The summed E-state index contributed by atoms with van der Waals surface area (Å²) in [4.78, 5) is 44.5. The largest absolute Gasteiger partial charge is 0.550 e. The van der Waals surface area contributed by atoms with Crippen LogP contribution in [0.4, 0.5) is 0 Å². The number of hydrazone groups is 1. The number of nitrogens with zero attached hydrogens (tertiary/aromatic N) is 3. The molecule has 0 radical (unpaired) electrons. The first-order valence-electron chi connectivity index (χ1n) is 11.3. The smallest absolute Gasteiger partial charge is 0.258 e. The summed E-state index contributed by atoms with van der Waals surface area (Å²) in [5, 5.41) is 18.1. The molecule has 1 atom stereocenters. The summed E-state index contributed by atoms with van der Waals surface area (Å²) in [6, 6.07) is 17.7. The maximum atomic E-state index is 13.5. The minimum absolute atomic E-state index is 0.248. The molecule has 0 unspecified atom stereocenters. The number of benzene rings is 2. The number of H-pyrrole nitrogens is 1. The van der Waals surface area contributed by atoms with Crippen LogP contribution in [-0.4, -0.2) is 32.6 Å². The maximum absolute atomic E-state index is 13.5. The predicted octanol–water partition coefficient (Wildman–Crippen LogP) is 3.45. The molecule has 0 saturated heterocycles. The summed E-state index contributed by atoms with van der Waals surface area (Å²) in [7, 11) is 0. The summed E-state index contributed by atoms with van der Waals surface area (Å²) >= 11 is 6.32. The average Bonchev–Trinajstić information content (AvgIpc) is 3.33. The van der Waals surface area contributed by atoms with Crippen molar-refractivity contribution < 1.29 is 14.7 Å². The molecule has 0 bridgehead atoms. The normalized spacial score (nSPS) is 15.2. The molecule has 1 N–H and O–H groups in total. The highest BCUT2D eigenvalue weighted by Gasteiger charge is 2.35. The minimum Gasteiger partial charge on any atom is -0.550 e. The number of pyridine rings is 2. The second kappa shape index (κ2) is 9.75. The third kappa shape index (κ3) is 4.50. The van der Waals surface area contributed by atoms with E-state index in [1.165, 1.54) is 5.01 Å². The molecule has 5 rings (SSSR count). The van der Waals surface area contributed by atoms with E-state index in [0.717, 1.165) is 16.5 Å². The molecule has 1 aliphatic rings. The number of carbonyl (C=O) groups excluding carboxylic acids is 2. The standard InChI is InChI=1S/C27H21ClN4O4/c28-18-8-9-20-19(13-18)25(16-5-2-1-3-6-16)26(27(36)30-20)21-14-22(17-7-4-12-29-15-17)32(31-21)23(33)10-11-24(34)35/h1-9,12-13,15,22H,10-11,14H2,(H,30,36)(H,34,35)/p-1/t22-/m1/s1. The molecule has 36 heavy (non-hydrogen) atoms. The van der Waals surface area contributed by atoms with Crippen LogP contribution in [0.2, 0.25) is 5.02 Å². The van der Waals surface area contributed by atoms with Crippen LogP contribution in [-0.2, 0) is 9.59 Å². The number of carboxylic acids is 1. The molecule has 1 aliphatic heterocycles. The van der Waals surface area contributed by atoms with Crippen molar-refractivity contribution in [3.8, 4) is 11.1 Å². The number of hydrogen-bond acceptors (Lipinski definition) is 6. The highest BCUT2D eigenvalue weighted by Crippen LogP contribution is 2.37.